The predicted molar refractivity (Wildman–Crippen MR) is 212 cm³/mol. The van der Waals surface area contributed by atoms with Gasteiger partial charge in [-0.3, -0.25) is 4.99 Å². The molecular weight excluding hydrogens is 593 g/mol. The maximum Gasteiger partial charge on any atom is 0.0275 e. The van der Waals surface area contributed by atoms with Gasteiger partial charge in [-0.15, -0.1) is 0 Å². The number of nitrogens with one attached hydrogen (secondary N) is 1. The summed E-state index contributed by atoms with van der Waals surface area (Å²) in [5.41, 5.74) is 15.2. The van der Waals surface area contributed by atoms with Gasteiger partial charge in [0.15, 0.2) is 0 Å². The molecule has 49 heavy (non-hydrogen) atoms. The van der Waals surface area contributed by atoms with Crippen molar-refractivity contribution in [2.45, 2.75) is 45.4 Å². The van der Waals surface area contributed by atoms with Crippen LogP contribution in [0.3, 0.4) is 0 Å². The van der Waals surface area contributed by atoms with Crippen LogP contribution in [-0.2, 0) is 10.8 Å². The first kappa shape index (κ1) is 30.7. The second-order valence-electron chi connectivity index (χ2n) is 14.4. The maximum absolute atomic E-state index is 6.41. The lowest BCUT2D eigenvalue weighted by molar-refractivity contribution is 0.660. The minimum absolute atomic E-state index is 0.0557. The Kier molecular flexibility index (Phi) is 7.05. The highest BCUT2D eigenvalue weighted by atomic mass is 14.6. The van der Waals surface area contributed by atoms with Gasteiger partial charge >= 0.3 is 0 Å². The standard InChI is InChI=1S/C43H34.C4H6N2/c1-25-26-14-6-8-16-28(26)38(29-17-9-7-15-27(25)29)33-24-37-40(32-19-11-13-21-35(32)43(37,4)5)41-30(33)22-23-36-39(41)31-18-10-12-20-34(31)42(36,2)3;1-6-4-2-3-5/h6-24H,1-5H3;2-5H,1H2/b;4-2-,5-3?. The average Bonchev–Trinajstić information content (AvgIpc) is 3.50. The molecule has 0 fully saturated rings. The van der Waals surface area contributed by atoms with Gasteiger partial charge < -0.3 is 5.41 Å². The summed E-state index contributed by atoms with van der Waals surface area (Å²) in [5.74, 6) is 0. The van der Waals surface area contributed by atoms with Gasteiger partial charge in [-0.25, -0.2) is 0 Å². The van der Waals surface area contributed by atoms with Crippen LogP contribution in [0.1, 0.15) is 55.5 Å². The number of aliphatic imine (C=N–C) groups is 1. The number of rotatable bonds is 3. The van der Waals surface area contributed by atoms with Crippen molar-refractivity contribution in [3.63, 3.8) is 0 Å². The molecule has 0 amide bonds. The summed E-state index contributed by atoms with van der Waals surface area (Å²) in [6.07, 6.45) is 4.09. The zero-order valence-corrected chi connectivity index (χ0v) is 28.9. The molecule has 238 valence electrons. The van der Waals surface area contributed by atoms with Crippen LogP contribution in [0.4, 0.5) is 0 Å². The number of allylic oxidation sites excluding steroid dienone is 1. The molecule has 0 radical (unpaired) electrons. The molecule has 9 rings (SSSR count). The molecule has 2 heteroatoms. The van der Waals surface area contributed by atoms with Crippen molar-refractivity contribution in [3.8, 4) is 33.4 Å². The molecule has 2 aliphatic rings. The first-order chi connectivity index (χ1) is 23.7. The van der Waals surface area contributed by atoms with Crippen LogP contribution < -0.4 is 0 Å². The van der Waals surface area contributed by atoms with E-state index >= 15 is 0 Å². The fourth-order valence-electron chi connectivity index (χ4n) is 8.82. The van der Waals surface area contributed by atoms with Crippen LogP contribution in [-0.4, -0.2) is 12.9 Å². The number of hydrogen-bond donors (Lipinski definition) is 1. The summed E-state index contributed by atoms with van der Waals surface area (Å²) in [4.78, 5) is 3.34. The van der Waals surface area contributed by atoms with E-state index in [4.69, 9.17) is 5.41 Å². The molecule has 2 aliphatic carbocycles. The Hall–Kier alpha value is -5.60. The molecule has 0 aliphatic heterocycles. The minimum atomic E-state index is -0.110. The van der Waals surface area contributed by atoms with Gasteiger partial charge in [0.2, 0.25) is 0 Å². The van der Waals surface area contributed by atoms with Gasteiger partial charge in [-0.1, -0.05) is 137 Å². The SMILES string of the molecule is C=N/C=C\C=N.Cc1c2ccccc2c(-c2cc3c(c4c5c(ccc24)C(C)(C)c2ccccc2-5)-c2ccccc2C3(C)C)c2ccccc12. The van der Waals surface area contributed by atoms with Crippen LogP contribution in [0.5, 0.6) is 0 Å². The maximum atomic E-state index is 6.41. The first-order valence-corrected chi connectivity index (χ1v) is 17.1. The smallest absolute Gasteiger partial charge is 0.0275 e. The van der Waals surface area contributed by atoms with E-state index in [-0.39, 0.29) is 10.8 Å². The lowest BCUT2D eigenvalue weighted by atomic mass is 9.77. The molecule has 7 aromatic rings. The molecule has 0 aromatic heterocycles. The normalized spacial score (nSPS) is 14.6. The second kappa shape index (κ2) is 11.2. The fourth-order valence-corrected chi connectivity index (χ4v) is 8.82. The summed E-state index contributed by atoms with van der Waals surface area (Å²) in [6.45, 7) is 15.1. The van der Waals surface area contributed by atoms with E-state index in [2.05, 4.69) is 162 Å². The van der Waals surface area contributed by atoms with Crippen LogP contribution in [0.15, 0.2) is 133 Å². The average molecular weight is 633 g/mol. The molecule has 2 nitrogen and oxygen atoms in total. The van der Waals surface area contributed by atoms with Crippen molar-refractivity contribution in [1.29, 1.82) is 5.41 Å². The largest absolute Gasteiger partial charge is 0.309 e. The molecule has 7 aromatic carbocycles. The van der Waals surface area contributed by atoms with Gasteiger partial charge in [0.05, 0.1) is 0 Å². The third-order valence-corrected chi connectivity index (χ3v) is 11.1. The minimum Gasteiger partial charge on any atom is -0.309 e. The molecule has 0 atom stereocenters. The number of benzene rings is 7. The summed E-state index contributed by atoms with van der Waals surface area (Å²) in [6, 6.07) is 43.7. The third-order valence-electron chi connectivity index (χ3n) is 11.1. The lowest BCUT2D eigenvalue weighted by Crippen LogP contribution is -2.15. The number of fused-ring (bicyclic) bond motifs is 11. The Labute approximate surface area is 289 Å². The summed E-state index contributed by atoms with van der Waals surface area (Å²) >= 11 is 0. The van der Waals surface area contributed by atoms with E-state index in [1.54, 1.807) is 0 Å². The monoisotopic (exact) mass is 632 g/mol. The molecule has 0 spiro atoms. The molecule has 0 heterocycles. The zero-order valence-electron chi connectivity index (χ0n) is 28.9. The van der Waals surface area contributed by atoms with Crippen molar-refractivity contribution in [1.82, 2.24) is 0 Å². The van der Waals surface area contributed by atoms with Crippen LogP contribution >= 0.6 is 0 Å². The van der Waals surface area contributed by atoms with E-state index in [0.717, 1.165) is 6.21 Å². The van der Waals surface area contributed by atoms with Gasteiger partial charge in [0.25, 0.3) is 0 Å². The van der Waals surface area contributed by atoms with Crippen LogP contribution in [0.2, 0.25) is 0 Å². The fraction of sp³-hybridized carbons (Fsp3) is 0.149. The molecule has 0 unspecified atom stereocenters. The van der Waals surface area contributed by atoms with Crippen molar-refractivity contribution in [2.75, 3.05) is 0 Å². The number of hydrogen-bond acceptors (Lipinski definition) is 2. The molecule has 0 saturated heterocycles. The topological polar surface area (TPSA) is 36.2 Å². The summed E-state index contributed by atoms with van der Waals surface area (Å²) < 4.78 is 0. The first-order valence-electron chi connectivity index (χ1n) is 17.1. The van der Waals surface area contributed by atoms with Gasteiger partial charge in [-0.2, -0.15) is 0 Å². The second-order valence-corrected chi connectivity index (χ2v) is 14.4. The number of nitrogens with zero attached hydrogens (tertiary/aromatic N) is 1. The molecule has 1 N–H and O–H groups in total. The highest BCUT2D eigenvalue weighted by Gasteiger charge is 2.41. The number of aryl methyl sites for hydroxylation is 1. The van der Waals surface area contributed by atoms with Crippen molar-refractivity contribution in [3.05, 3.63) is 155 Å². The summed E-state index contributed by atoms with van der Waals surface area (Å²) in [7, 11) is 0. The highest BCUT2D eigenvalue weighted by molar-refractivity contribution is 6.23. The lowest BCUT2D eigenvalue weighted by Gasteiger charge is -2.25. The van der Waals surface area contributed by atoms with Crippen molar-refractivity contribution in [2.24, 2.45) is 4.99 Å². The molecular formula is C47H40N2. The quantitative estimate of drug-likeness (QED) is 0.149. The Morgan fingerprint density at radius 2 is 1.02 bits per heavy atom. The third kappa shape index (κ3) is 4.33. The van der Waals surface area contributed by atoms with Crippen molar-refractivity contribution < 1.29 is 0 Å². The van der Waals surface area contributed by atoms with Gasteiger partial charge in [0, 0.05) is 23.2 Å². The zero-order chi connectivity index (χ0) is 34.1. The van der Waals surface area contributed by atoms with Crippen LogP contribution in [0, 0.1) is 12.3 Å². The van der Waals surface area contributed by atoms with E-state index in [1.807, 2.05) is 0 Å². The summed E-state index contributed by atoms with van der Waals surface area (Å²) in [5, 5.41) is 14.5. The van der Waals surface area contributed by atoms with Gasteiger partial charge in [0.1, 0.15) is 0 Å². The Morgan fingerprint density at radius 3 is 1.55 bits per heavy atom. The molecule has 0 saturated carbocycles. The van der Waals surface area contributed by atoms with Gasteiger partial charge in [-0.05, 0) is 119 Å². The highest BCUT2D eigenvalue weighted by Crippen LogP contribution is 2.59. The Morgan fingerprint density at radius 1 is 0.531 bits per heavy atom. The van der Waals surface area contributed by atoms with Crippen LogP contribution in [0.25, 0.3) is 65.7 Å². The van der Waals surface area contributed by atoms with E-state index < -0.39 is 0 Å². The predicted octanol–water partition coefficient (Wildman–Crippen LogP) is 12.6. The van der Waals surface area contributed by atoms with E-state index in [0.29, 0.717) is 0 Å². The van der Waals surface area contributed by atoms with Crippen molar-refractivity contribution >= 4 is 45.2 Å². The Balaban J connectivity index is 0.000000536. The van der Waals surface area contributed by atoms with E-state index in [9.17, 15) is 0 Å². The molecule has 0 bridgehead atoms. The van der Waals surface area contributed by atoms with E-state index in [1.165, 1.54) is 106 Å². The Bertz CT molecular complexity index is 2460.